The van der Waals surface area contributed by atoms with Crippen LogP contribution >= 0.6 is 34.5 Å². The van der Waals surface area contributed by atoms with Crippen molar-refractivity contribution in [3.8, 4) is 5.75 Å². The van der Waals surface area contributed by atoms with Crippen LogP contribution in [0.15, 0.2) is 53.9 Å². The summed E-state index contributed by atoms with van der Waals surface area (Å²) >= 11 is 13.4. The number of thiophene rings is 1. The Kier molecular flexibility index (Phi) is 5.61. The zero-order chi connectivity index (χ0) is 18.7. The summed E-state index contributed by atoms with van der Waals surface area (Å²) in [6.45, 7) is 1.90. The predicted octanol–water partition coefficient (Wildman–Crippen LogP) is 5.83. The topological polar surface area (TPSA) is 55.4 Å². The minimum Gasteiger partial charge on any atom is -0.421 e. The molecule has 3 rings (SSSR count). The van der Waals surface area contributed by atoms with Gasteiger partial charge >= 0.3 is 5.97 Å². The Balaban J connectivity index is 1.87. The minimum atomic E-state index is -0.537. The van der Waals surface area contributed by atoms with Gasteiger partial charge in [0.2, 0.25) is 0 Å². The number of hydrogen-bond acceptors (Lipinski definition) is 4. The highest BCUT2D eigenvalue weighted by molar-refractivity contribution is 7.12. The second-order valence-corrected chi connectivity index (χ2v) is 7.24. The minimum absolute atomic E-state index is 0.119. The van der Waals surface area contributed by atoms with Gasteiger partial charge in [-0.25, -0.2) is 4.79 Å². The number of carbonyl (C=O) groups is 2. The summed E-state index contributed by atoms with van der Waals surface area (Å²) in [4.78, 5) is 25.3. The summed E-state index contributed by atoms with van der Waals surface area (Å²) < 4.78 is 5.37. The van der Waals surface area contributed by atoms with Gasteiger partial charge in [-0.2, -0.15) is 0 Å². The zero-order valence-corrected chi connectivity index (χ0v) is 15.9. The maximum atomic E-state index is 12.7. The van der Waals surface area contributed by atoms with Crippen molar-refractivity contribution in [1.29, 1.82) is 0 Å². The standard InChI is InChI=1S/C19H13Cl2NO3S/c1-11-4-6-15(14(21)9-11)22-18(23)13-10-12(20)5-7-16(13)25-19(24)17-3-2-8-26-17/h2-10H,1H3,(H,22,23). The van der Waals surface area contributed by atoms with E-state index in [4.69, 9.17) is 27.9 Å². The average Bonchev–Trinajstić information content (AvgIpc) is 3.13. The van der Waals surface area contributed by atoms with Crippen LogP contribution in [0.1, 0.15) is 25.6 Å². The number of aryl methyl sites for hydroxylation is 1. The molecule has 1 heterocycles. The molecule has 0 fully saturated rings. The molecule has 0 saturated carbocycles. The van der Waals surface area contributed by atoms with E-state index in [1.165, 1.54) is 23.5 Å². The lowest BCUT2D eigenvalue weighted by atomic mass is 10.1. The lowest BCUT2D eigenvalue weighted by Gasteiger charge is -2.12. The SMILES string of the molecule is Cc1ccc(NC(=O)c2cc(Cl)ccc2OC(=O)c2cccs2)c(Cl)c1. The fraction of sp³-hybridized carbons (Fsp3) is 0.0526. The Labute approximate surface area is 164 Å². The highest BCUT2D eigenvalue weighted by Gasteiger charge is 2.18. The molecule has 0 aliphatic rings. The molecular weight excluding hydrogens is 393 g/mol. The first-order valence-corrected chi connectivity index (χ1v) is 9.20. The van der Waals surface area contributed by atoms with E-state index in [2.05, 4.69) is 5.32 Å². The quantitative estimate of drug-likeness (QED) is 0.438. The maximum Gasteiger partial charge on any atom is 0.353 e. The molecule has 0 atom stereocenters. The highest BCUT2D eigenvalue weighted by atomic mass is 35.5. The summed E-state index contributed by atoms with van der Waals surface area (Å²) in [7, 11) is 0. The summed E-state index contributed by atoms with van der Waals surface area (Å²) in [6.07, 6.45) is 0. The van der Waals surface area contributed by atoms with Crippen LogP contribution in [0.25, 0.3) is 0 Å². The van der Waals surface area contributed by atoms with Gasteiger partial charge in [-0.05, 0) is 54.3 Å². The van der Waals surface area contributed by atoms with Gasteiger partial charge in [-0.1, -0.05) is 35.3 Å². The molecule has 1 N–H and O–H groups in total. The van der Waals surface area contributed by atoms with E-state index in [1.807, 2.05) is 13.0 Å². The van der Waals surface area contributed by atoms with Crippen molar-refractivity contribution in [3.05, 3.63) is 80.0 Å². The van der Waals surface area contributed by atoms with E-state index in [9.17, 15) is 9.59 Å². The summed E-state index contributed by atoms with van der Waals surface area (Å²) in [5.74, 6) is -0.898. The number of amides is 1. The number of benzene rings is 2. The van der Waals surface area contributed by atoms with Crippen LogP contribution in [0, 0.1) is 6.92 Å². The first-order chi connectivity index (χ1) is 12.4. The number of hydrogen-bond donors (Lipinski definition) is 1. The predicted molar refractivity (Wildman–Crippen MR) is 105 cm³/mol. The van der Waals surface area contributed by atoms with Gasteiger partial charge in [0, 0.05) is 5.02 Å². The zero-order valence-electron chi connectivity index (χ0n) is 13.6. The lowest BCUT2D eigenvalue weighted by Crippen LogP contribution is -2.16. The smallest absolute Gasteiger partial charge is 0.353 e. The molecule has 1 aromatic heterocycles. The van der Waals surface area contributed by atoms with Crippen molar-refractivity contribution in [2.24, 2.45) is 0 Å². The van der Waals surface area contributed by atoms with Gasteiger partial charge in [0.05, 0.1) is 16.3 Å². The number of carbonyl (C=O) groups excluding carboxylic acids is 2. The number of ether oxygens (including phenoxy) is 1. The van der Waals surface area contributed by atoms with Gasteiger partial charge in [0.25, 0.3) is 5.91 Å². The molecule has 7 heteroatoms. The van der Waals surface area contributed by atoms with E-state index in [-0.39, 0.29) is 11.3 Å². The monoisotopic (exact) mass is 405 g/mol. The van der Waals surface area contributed by atoms with Crippen LogP contribution in [0.3, 0.4) is 0 Å². The Hall–Kier alpha value is -2.34. The van der Waals surface area contributed by atoms with Gasteiger partial charge in [0.15, 0.2) is 0 Å². The Morgan fingerprint density at radius 2 is 1.88 bits per heavy atom. The molecule has 0 aliphatic heterocycles. The number of esters is 1. The fourth-order valence-electron chi connectivity index (χ4n) is 2.22. The molecule has 0 spiro atoms. The van der Waals surface area contributed by atoms with E-state index >= 15 is 0 Å². The maximum absolute atomic E-state index is 12.7. The van der Waals surface area contributed by atoms with Crippen molar-refractivity contribution in [3.63, 3.8) is 0 Å². The van der Waals surface area contributed by atoms with Gasteiger partial charge in [-0.3, -0.25) is 4.79 Å². The summed E-state index contributed by atoms with van der Waals surface area (Å²) in [5, 5.41) is 5.24. The van der Waals surface area contributed by atoms with E-state index in [1.54, 1.807) is 35.7 Å². The molecule has 3 aromatic rings. The largest absolute Gasteiger partial charge is 0.421 e. The number of nitrogens with one attached hydrogen (secondary N) is 1. The molecule has 1 amide bonds. The number of halogens is 2. The average molecular weight is 406 g/mol. The number of anilines is 1. The normalized spacial score (nSPS) is 10.4. The molecule has 26 heavy (non-hydrogen) atoms. The van der Waals surface area contributed by atoms with Gasteiger partial charge < -0.3 is 10.1 Å². The van der Waals surface area contributed by atoms with Crippen molar-refractivity contribution in [2.45, 2.75) is 6.92 Å². The molecule has 0 saturated heterocycles. The second-order valence-electron chi connectivity index (χ2n) is 5.44. The van der Waals surface area contributed by atoms with Crippen LogP contribution < -0.4 is 10.1 Å². The van der Waals surface area contributed by atoms with Gasteiger partial charge in [-0.15, -0.1) is 11.3 Å². The van der Waals surface area contributed by atoms with Crippen LogP contribution in [0.5, 0.6) is 5.75 Å². The summed E-state index contributed by atoms with van der Waals surface area (Å²) in [6, 6.07) is 13.1. The van der Waals surface area contributed by atoms with Crippen molar-refractivity contribution < 1.29 is 14.3 Å². The van der Waals surface area contributed by atoms with E-state index in [0.717, 1.165) is 5.56 Å². The first kappa shape index (κ1) is 18.5. The lowest BCUT2D eigenvalue weighted by molar-refractivity contribution is 0.0738. The van der Waals surface area contributed by atoms with Crippen molar-refractivity contribution >= 4 is 52.1 Å². The summed E-state index contributed by atoms with van der Waals surface area (Å²) in [5.41, 5.74) is 1.57. The van der Waals surface area contributed by atoms with Crippen LogP contribution in [-0.2, 0) is 0 Å². The Morgan fingerprint density at radius 3 is 2.58 bits per heavy atom. The van der Waals surface area contributed by atoms with Crippen molar-refractivity contribution in [2.75, 3.05) is 5.32 Å². The second kappa shape index (κ2) is 7.91. The van der Waals surface area contributed by atoms with Crippen molar-refractivity contribution in [1.82, 2.24) is 0 Å². The molecule has 132 valence electrons. The van der Waals surface area contributed by atoms with Crippen LogP contribution in [-0.4, -0.2) is 11.9 Å². The van der Waals surface area contributed by atoms with E-state index < -0.39 is 11.9 Å². The fourth-order valence-corrected chi connectivity index (χ4v) is 3.28. The molecule has 0 unspecified atom stereocenters. The van der Waals surface area contributed by atoms with Crippen LogP contribution in [0.2, 0.25) is 10.0 Å². The van der Waals surface area contributed by atoms with Gasteiger partial charge in [0.1, 0.15) is 10.6 Å². The third-order valence-corrected chi connectivity index (χ3v) is 4.88. The first-order valence-electron chi connectivity index (χ1n) is 7.57. The Bertz CT molecular complexity index is 971. The molecule has 4 nitrogen and oxygen atoms in total. The molecule has 2 aromatic carbocycles. The number of rotatable bonds is 4. The molecule has 0 radical (unpaired) electrons. The molecule has 0 bridgehead atoms. The third-order valence-electron chi connectivity index (χ3n) is 3.48. The van der Waals surface area contributed by atoms with E-state index in [0.29, 0.717) is 20.6 Å². The highest BCUT2D eigenvalue weighted by Crippen LogP contribution is 2.28. The molecule has 0 aliphatic carbocycles. The van der Waals surface area contributed by atoms with Crippen LogP contribution in [0.4, 0.5) is 5.69 Å². The Morgan fingerprint density at radius 1 is 1.08 bits per heavy atom. The molecular formula is C19H13Cl2NO3S. The third kappa shape index (κ3) is 4.25.